The Morgan fingerprint density at radius 2 is 1.78 bits per heavy atom. The van der Waals surface area contributed by atoms with E-state index in [0.29, 0.717) is 28.2 Å². The van der Waals surface area contributed by atoms with Crippen LogP contribution in [0.5, 0.6) is 5.75 Å². The monoisotopic (exact) mass is 415 g/mol. The van der Waals surface area contributed by atoms with Crippen molar-refractivity contribution in [3.63, 3.8) is 0 Å². The zero-order valence-corrected chi connectivity index (χ0v) is 17.2. The van der Waals surface area contributed by atoms with E-state index in [1.165, 1.54) is 11.1 Å². The van der Waals surface area contributed by atoms with Crippen LogP contribution in [-0.2, 0) is 13.2 Å². The fourth-order valence-corrected chi connectivity index (χ4v) is 3.18. The Bertz CT molecular complexity index is 941. The zero-order valence-electron chi connectivity index (χ0n) is 14.8. The van der Waals surface area contributed by atoms with Crippen LogP contribution in [0.3, 0.4) is 0 Å². The SMILES string of the molecule is Cc1ccc(CNC(=S)c2cccc(OCc3ccc(Cl)cc3Cl)c2)cc1. The van der Waals surface area contributed by atoms with Gasteiger partial charge in [0.1, 0.15) is 17.3 Å². The number of benzene rings is 3. The first-order valence-electron chi connectivity index (χ1n) is 8.52. The summed E-state index contributed by atoms with van der Waals surface area (Å²) in [5.74, 6) is 0.734. The lowest BCUT2D eigenvalue weighted by atomic mass is 10.1. The molecular formula is C22H19Cl2NOS. The molecule has 0 aliphatic rings. The molecule has 2 nitrogen and oxygen atoms in total. The first-order chi connectivity index (χ1) is 13.0. The normalized spacial score (nSPS) is 10.5. The van der Waals surface area contributed by atoms with Crippen molar-refractivity contribution in [2.75, 3.05) is 0 Å². The van der Waals surface area contributed by atoms with Crippen LogP contribution in [0.15, 0.2) is 66.7 Å². The molecule has 0 aliphatic carbocycles. The molecule has 0 bridgehead atoms. The molecule has 0 radical (unpaired) electrons. The zero-order chi connectivity index (χ0) is 19.2. The first kappa shape index (κ1) is 19.7. The maximum absolute atomic E-state index is 6.19. The van der Waals surface area contributed by atoms with Crippen molar-refractivity contribution in [2.45, 2.75) is 20.1 Å². The molecule has 0 spiro atoms. The van der Waals surface area contributed by atoms with Gasteiger partial charge in [0, 0.05) is 27.7 Å². The van der Waals surface area contributed by atoms with Crippen molar-refractivity contribution in [2.24, 2.45) is 0 Å². The van der Waals surface area contributed by atoms with Crippen LogP contribution in [0.2, 0.25) is 10.0 Å². The topological polar surface area (TPSA) is 21.3 Å². The summed E-state index contributed by atoms with van der Waals surface area (Å²) in [7, 11) is 0. The summed E-state index contributed by atoms with van der Waals surface area (Å²) in [4.78, 5) is 0.686. The van der Waals surface area contributed by atoms with Crippen LogP contribution in [-0.4, -0.2) is 4.99 Å². The summed E-state index contributed by atoms with van der Waals surface area (Å²) < 4.78 is 5.86. The highest BCUT2D eigenvalue weighted by molar-refractivity contribution is 7.80. The second-order valence-electron chi connectivity index (χ2n) is 6.22. The van der Waals surface area contributed by atoms with Gasteiger partial charge < -0.3 is 10.1 Å². The van der Waals surface area contributed by atoms with Crippen molar-refractivity contribution in [1.29, 1.82) is 0 Å². The highest BCUT2D eigenvalue weighted by Crippen LogP contribution is 2.23. The van der Waals surface area contributed by atoms with Gasteiger partial charge >= 0.3 is 0 Å². The Labute approximate surface area is 175 Å². The van der Waals surface area contributed by atoms with Crippen LogP contribution < -0.4 is 10.1 Å². The van der Waals surface area contributed by atoms with E-state index in [2.05, 4.69) is 36.5 Å². The summed E-state index contributed by atoms with van der Waals surface area (Å²) in [6.45, 7) is 3.12. The lowest BCUT2D eigenvalue weighted by molar-refractivity contribution is 0.306. The molecule has 0 amide bonds. The minimum Gasteiger partial charge on any atom is -0.489 e. The van der Waals surface area contributed by atoms with E-state index in [1.54, 1.807) is 12.1 Å². The molecule has 0 fully saturated rings. The first-order valence-corrected chi connectivity index (χ1v) is 9.68. The Morgan fingerprint density at radius 1 is 1.00 bits per heavy atom. The van der Waals surface area contributed by atoms with Gasteiger partial charge in [-0.15, -0.1) is 0 Å². The van der Waals surface area contributed by atoms with Crippen LogP contribution >= 0.6 is 35.4 Å². The number of ether oxygens (including phenoxy) is 1. The van der Waals surface area contributed by atoms with Crippen molar-refractivity contribution >= 4 is 40.4 Å². The summed E-state index contributed by atoms with van der Waals surface area (Å²) >= 11 is 17.6. The molecule has 0 saturated carbocycles. The average molecular weight is 416 g/mol. The van der Waals surface area contributed by atoms with Crippen LogP contribution in [0, 0.1) is 6.92 Å². The average Bonchev–Trinajstić information content (AvgIpc) is 2.67. The highest BCUT2D eigenvalue weighted by Gasteiger charge is 2.06. The molecule has 138 valence electrons. The minimum atomic E-state index is 0.364. The number of hydrogen-bond acceptors (Lipinski definition) is 2. The molecule has 3 aromatic rings. The number of aryl methyl sites for hydroxylation is 1. The molecule has 1 N–H and O–H groups in total. The molecule has 0 aliphatic heterocycles. The second-order valence-corrected chi connectivity index (χ2v) is 7.47. The van der Waals surface area contributed by atoms with Crippen molar-refractivity contribution in [3.8, 4) is 5.75 Å². The lowest BCUT2D eigenvalue weighted by Crippen LogP contribution is -2.21. The van der Waals surface area contributed by atoms with Gasteiger partial charge in [0.25, 0.3) is 0 Å². The van der Waals surface area contributed by atoms with E-state index in [9.17, 15) is 0 Å². The van der Waals surface area contributed by atoms with Crippen molar-refractivity contribution in [3.05, 3.63) is 99.0 Å². The molecular weight excluding hydrogens is 397 g/mol. The molecule has 27 heavy (non-hydrogen) atoms. The van der Waals surface area contributed by atoms with Crippen LogP contribution in [0.1, 0.15) is 22.3 Å². The van der Waals surface area contributed by atoms with E-state index in [1.807, 2.05) is 30.3 Å². The molecule has 0 heterocycles. The lowest BCUT2D eigenvalue weighted by Gasteiger charge is -2.11. The Morgan fingerprint density at radius 3 is 2.52 bits per heavy atom. The third-order valence-electron chi connectivity index (χ3n) is 4.08. The highest BCUT2D eigenvalue weighted by atomic mass is 35.5. The standard InChI is InChI=1S/C22H19Cl2NOS/c1-15-5-7-16(8-6-15)13-25-22(27)17-3-2-4-20(11-17)26-14-18-9-10-19(23)12-21(18)24/h2-12H,13-14H2,1H3,(H,25,27). The summed E-state index contributed by atoms with van der Waals surface area (Å²) in [5.41, 5.74) is 4.23. The van der Waals surface area contributed by atoms with Gasteiger partial charge in [-0.3, -0.25) is 0 Å². The summed E-state index contributed by atoms with van der Waals surface area (Å²) in [6, 6.07) is 21.5. The molecule has 0 aromatic heterocycles. The predicted molar refractivity (Wildman–Crippen MR) is 117 cm³/mol. The van der Waals surface area contributed by atoms with Gasteiger partial charge in [0.05, 0.1) is 0 Å². The van der Waals surface area contributed by atoms with Gasteiger partial charge in [-0.1, -0.05) is 83.4 Å². The molecule has 3 rings (SSSR count). The molecule has 0 saturated heterocycles. The molecule has 5 heteroatoms. The molecule has 0 atom stereocenters. The largest absolute Gasteiger partial charge is 0.489 e. The summed E-state index contributed by atoms with van der Waals surface area (Å²) in [6.07, 6.45) is 0. The van der Waals surface area contributed by atoms with E-state index in [0.717, 1.165) is 16.9 Å². The van der Waals surface area contributed by atoms with E-state index >= 15 is 0 Å². The third kappa shape index (κ3) is 5.70. The Kier molecular flexibility index (Phi) is 6.73. The number of thiocarbonyl (C=S) groups is 1. The van der Waals surface area contributed by atoms with Crippen LogP contribution in [0.25, 0.3) is 0 Å². The maximum Gasteiger partial charge on any atom is 0.120 e. The fourth-order valence-electron chi connectivity index (χ4n) is 2.52. The third-order valence-corrected chi connectivity index (χ3v) is 5.05. The van der Waals surface area contributed by atoms with Gasteiger partial charge in [-0.25, -0.2) is 0 Å². The maximum atomic E-state index is 6.19. The van der Waals surface area contributed by atoms with Crippen molar-refractivity contribution < 1.29 is 4.74 Å². The number of hydrogen-bond donors (Lipinski definition) is 1. The van der Waals surface area contributed by atoms with E-state index < -0.39 is 0 Å². The second kappa shape index (κ2) is 9.23. The number of nitrogens with one attached hydrogen (secondary N) is 1. The van der Waals surface area contributed by atoms with Gasteiger partial charge in [0.2, 0.25) is 0 Å². The van der Waals surface area contributed by atoms with E-state index in [-0.39, 0.29) is 0 Å². The van der Waals surface area contributed by atoms with Crippen molar-refractivity contribution in [1.82, 2.24) is 5.32 Å². The quantitative estimate of drug-likeness (QED) is 0.474. The fraction of sp³-hybridized carbons (Fsp3) is 0.136. The number of rotatable bonds is 6. The number of halogens is 2. The summed E-state index contributed by atoms with van der Waals surface area (Å²) in [5, 5.41) is 4.49. The predicted octanol–water partition coefficient (Wildman–Crippen LogP) is 6.35. The Hall–Kier alpha value is -2.07. The Balaban J connectivity index is 1.60. The molecule has 0 unspecified atom stereocenters. The van der Waals surface area contributed by atoms with Gasteiger partial charge in [-0.2, -0.15) is 0 Å². The van der Waals surface area contributed by atoms with Gasteiger partial charge in [-0.05, 0) is 36.8 Å². The van der Waals surface area contributed by atoms with E-state index in [4.69, 9.17) is 40.2 Å². The van der Waals surface area contributed by atoms with Crippen LogP contribution in [0.4, 0.5) is 0 Å². The smallest absolute Gasteiger partial charge is 0.120 e. The molecule has 3 aromatic carbocycles. The minimum absolute atomic E-state index is 0.364. The van der Waals surface area contributed by atoms with Gasteiger partial charge in [0.15, 0.2) is 0 Å².